The number of unbranched alkanes of at least 4 members (excludes halogenated alkanes) is 1. The molecule has 10 heteroatoms. The number of aromatic nitrogens is 5. The first-order chi connectivity index (χ1) is 15.0. The predicted octanol–water partition coefficient (Wildman–Crippen LogP) is 4.26. The fourth-order valence-electron chi connectivity index (χ4n) is 3.40. The second-order valence-electron chi connectivity index (χ2n) is 7.00. The highest BCUT2D eigenvalue weighted by Gasteiger charge is 2.18. The molecule has 7 nitrogen and oxygen atoms in total. The van der Waals surface area contributed by atoms with Gasteiger partial charge in [0.2, 0.25) is 0 Å². The summed E-state index contributed by atoms with van der Waals surface area (Å²) in [5.41, 5.74) is 1.69. The van der Waals surface area contributed by atoms with Gasteiger partial charge in [-0.1, -0.05) is 25.1 Å². The van der Waals surface area contributed by atoms with E-state index in [0.717, 1.165) is 34.3 Å². The number of nitrogens with zero attached hydrogens (tertiary/aromatic N) is 4. The Labute approximate surface area is 186 Å². The van der Waals surface area contributed by atoms with Gasteiger partial charge < -0.3 is 4.57 Å². The number of benzene rings is 1. The van der Waals surface area contributed by atoms with Crippen molar-refractivity contribution in [2.75, 3.05) is 0 Å². The van der Waals surface area contributed by atoms with Crippen molar-refractivity contribution in [2.24, 2.45) is 0 Å². The minimum absolute atomic E-state index is 0.278. The van der Waals surface area contributed by atoms with Crippen molar-refractivity contribution in [1.82, 2.24) is 24.1 Å². The van der Waals surface area contributed by atoms with Gasteiger partial charge in [-0.3, -0.25) is 14.3 Å². The van der Waals surface area contributed by atoms with E-state index in [9.17, 15) is 14.0 Å². The fourth-order valence-corrected chi connectivity index (χ4v) is 5.18. The Bertz CT molecular complexity index is 1320. The molecule has 4 rings (SSSR count). The quantitative estimate of drug-likeness (QED) is 0.398. The fraction of sp³-hybridized carbons (Fsp3) is 0.333. The number of fused-ring (bicyclic) bond motifs is 1. The van der Waals surface area contributed by atoms with Crippen molar-refractivity contribution in [3.8, 4) is 11.3 Å². The van der Waals surface area contributed by atoms with Crippen molar-refractivity contribution in [3.63, 3.8) is 0 Å². The van der Waals surface area contributed by atoms with Crippen molar-refractivity contribution in [1.29, 1.82) is 0 Å². The molecule has 3 heterocycles. The molecule has 1 aromatic carbocycles. The summed E-state index contributed by atoms with van der Waals surface area (Å²) in [5, 5.41) is 1.94. The van der Waals surface area contributed by atoms with Crippen LogP contribution >= 0.6 is 23.1 Å². The molecule has 0 saturated carbocycles. The molecule has 0 aliphatic heterocycles. The van der Waals surface area contributed by atoms with Gasteiger partial charge in [0.15, 0.2) is 15.5 Å². The first-order valence-corrected chi connectivity index (χ1v) is 11.9. The molecular weight excluding hydrogens is 437 g/mol. The first-order valence-electron chi connectivity index (χ1n) is 10.1. The van der Waals surface area contributed by atoms with Crippen LogP contribution in [0.3, 0.4) is 0 Å². The van der Waals surface area contributed by atoms with Crippen LogP contribution in [0.5, 0.6) is 0 Å². The van der Waals surface area contributed by atoms with Gasteiger partial charge in [0.1, 0.15) is 11.6 Å². The molecule has 3 aromatic heterocycles. The van der Waals surface area contributed by atoms with Crippen molar-refractivity contribution in [3.05, 3.63) is 62.1 Å². The first kappa shape index (κ1) is 21.5. The number of hydrogen-bond acceptors (Lipinski definition) is 6. The summed E-state index contributed by atoms with van der Waals surface area (Å²) < 4.78 is 17.4. The number of halogens is 1. The third kappa shape index (κ3) is 4.35. The Hall–Kier alpha value is -2.72. The van der Waals surface area contributed by atoms with Crippen LogP contribution in [0.4, 0.5) is 4.39 Å². The average Bonchev–Trinajstić information content (AvgIpc) is 3.37. The maximum absolute atomic E-state index is 13.1. The number of H-pyrrole nitrogens is 1. The smallest absolute Gasteiger partial charge is 0.322 e. The van der Waals surface area contributed by atoms with E-state index in [-0.39, 0.29) is 5.82 Å². The van der Waals surface area contributed by atoms with E-state index in [2.05, 4.69) is 21.9 Å². The minimum atomic E-state index is -0.422. The van der Waals surface area contributed by atoms with E-state index >= 15 is 0 Å². The Morgan fingerprint density at radius 2 is 1.90 bits per heavy atom. The summed E-state index contributed by atoms with van der Waals surface area (Å²) in [5.74, 6) is 0.960. The molecule has 0 fully saturated rings. The van der Waals surface area contributed by atoms with Gasteiger partial charge in [-0.2, -0.15) is 0 Å². The molecule has 4 aromatic rings. The summed E-state index contributed by atoms with van der Waals surface area (Å²) in [6, 6.07) is 6.25. The lowest BCUT2D eigenvalue weighted by molar-refractivity contribution is 0.613. The minimum Gasteiger partial charge on any atom is -0.322 e. The van der Waals surface area contributed by atoms with Gasteiger partial charge >= 0.3 is 5.69 Å². The maximum Gasteiger partial charge on any atom is 0.330 e. The van der Waals surface area contributed by atoms with E-state index in [1.165, 1.54) is 35.2 Å². The SMILES string of the molecule is CCCCn1c(=O)[nH]c(=O)c2c1nc(CSc1nc(-c3ccc(F)cc3)cs1)n2CC. The Morgan fingerprint density at radius 3 is 2.61 bits per heavy atom. The third-order valence-corrected chi connectivity index (χ3v) is 6.98. The Kier molecular flexibility index (Phi) is 6.38. The van der Waals surface area contributed by atoms with E-state index in [4.69, 9.17) is 0 Å². The molecule has 0 radical (unpaired) electrons. The van der Waals surface area contributed by atoms with Gasteiger partial charge in [-0.25, -0.2) is 19.2 Å². The molecule has 0 aliphatic rings. The number of thiazole rings is 1. The lowest BCUT2D eigenvalue weighted by atomic mass is 10.2. The highest BCUT2D eigenvalue weighted by molar-refractivity contribution is 8.00. The van der Waals surface area contributed by atoms with Crippen LogP contribution in [0, 0.1) is 5.82 Å². The van der Waals surface area contributed by atoms with E-state index < -0.39 is 11.2 Å². The van der Waals surface area contributed by atoms with Crippen molar-refractivity contribution < 1.29 is 4.39 Å². The van der Waals surface area contributed by atoms with Gasteiger partial charge in [-0.05, 0) is 37.6 Å². The highest BCUT2D eigenvalue weighted by atomic mass is 32.2. The number of nitrogens with one attached hydrogen (secondary N) is 1. The van der Waals surface area contributed by atoms with Gasteiger partial charge in [0, 0.05) is 24.0 Å². The molecule has 0 amide bonds. The van der Waals surface area contributed by atoms with Gasteiger partial charge in [0.05, 0.1) is 11.4 Å². The molecular formula is C21H22FN5O2S2. The van der Waals surface area contributed by atoms with Gasteiger partial charge in [0.25, 0.3) is 5.56 Å². The normalized spacial score (nSPS) is 11.5. The molecule has 31 heavy (non-hydrogen) atoms. The second-order valence-corrected chi connectivity index (χ2v) is 9.08. The Balaban J connectivity index is 1.63. The summed E-state index contributed by atoms with van der Waals surface area (Å²) in [7, 11) is 0. The monoisotopic (exact) mass is 459 g/mol. The van der Waals surface area contributed by atoms with Crippen LogP contribution in [0.2, 0.25) is 0 Å². The molecule has 0 spiro atoms. The van der Waals surface area contributed by atoms with E-state index in [1.54, 1.807) is 16.7 Å². The van der Waals surface area contributed by atoms with Crippen LogP contribution in [-0.2, 0) is 18.8 Å². The molecule has 1 N–H and O–H groups in total. The molecule has 0 saturated heterocycles. The lowest BCUT2D eigenvalue weighted by Crippen LogP contribution is -2.31. The number of imidazole rings is 1. The van der Waals surface area contributed by atoms with Crippen LogP contribution in [0.15, 0.2) is 43.6 Å². The topological polar surface area (TPSA) is 85.6 Å². The number of thioether (sulfide) groups is 1. The zero-order valence-corrected chi connectivity index (χ0v) is 18.9. The molecule has 162 valence electrons. The number of aromatic amines is 1. The molecule has 0 atom stereocenters. The van der Waals surface area contributed by atoms with E-state index in [1.807, 2.05) is 16.9 Å². The van der Waals surface area contributed by atoms with Crippen LogP contribution < -0.4 is 11.2 Å². The number of aryl methyl sites for hydroxylation is 2. The van der Waals surface area contributed by atoms with Crippen LogP contribution in [0.1, 0.15) is 32.5 Å². The number of rotatable bonds is 8. The average molecular weight is 460 g/mol. The highest BCUT2D eigenvalue weighted by Crippen LogP contribution is 2.30. The summed E-state index contributed by atoms with van der Waals surface area (Å²) in [4.78, 5) is 36.5. The second kappa shape index (κ2) is 9.19. The molecule has 0 unspecified atom stereocenters. The van der Waals surface area contributed by atoms with Crippen LogP contribution in [-0.4, -0.2) is 24.1 Å². The molecule has 0 aliphatic carbocycles. The largest absolute Gasteiger partial charge is 0.330 e. The summed E-state index contributed by atoms with van der Waals surface area (Å²) in [6.45, 7) is 5.09. The number of hydrogen-bond donors (Lipinski definition) is 1. The zero-order valence-electron chi connectivity index (χ0n) is 17.2. The van der Waals surface area contributed by atoms with Crippen molar-refractivity contribution in [2.45, 2.75) is 49.9 Å². The maximum atomic E-state index is 13.1. The third-order valence-electron chi connectivity index (χ3n) is 4.96. The molecule has 0 bridgehead atoms. The van der Waals surface area contributed by atoms with E-state index in [0.29, 0.717) is 30.0 Å². The lowest BCUT2D eigenvalue weighted by Gasteiger charge is -2.06. The summed E-state index contributed by atoms with van der Waals surface area (Å²) in [6.07, 6.45) is 1.76. The summed E-state index contributed by atoms with van der Waals surface area (Å²) >= 11 is 3.03. The predicted molar refractivity (Wildman–Crippen MR) is 122 cm³/mol. The van der Waals surface area contributed by atoms with Crippen LogP contribution in [0.25, 0.3) is 22.4 Å². The Morgan fingerprint density at radius 1 is 1.13 bits per heavy atom. The zero-order chi connectivity index (χ0) is 22.0. The standard InChI is InChI=1S/C21H22FN5O2S2/c1-3-5-10-27-18-17(19(28)25-20(27)29)26(4-2)16(24-18)12-31-21-23-15(11-30-21)13-6-8-14(22)9-7-13/h6-9,11H,3-5,10,12H2,1-2H3,(H,25,28,29). The van der Waals surface area contributed by atoms with Gasteiger partial charge in [-0.15, -0.1) is 11.3 Å². The van der Waals surface area contributed by atoms with Crippen molar-refractivity contribution >= 4 is 34.3 Å².